The SMILES string of the molecule is O=[N+]([O-])c1ccccc1-c1ccc([C@@H]2[C@@H](c3ccccn3)NC(=S)N2c2ccccc2)o1. The zero-order valence-electron chi connectivity index (χ0n) is 16.8. The van der Waals surface area contributed by atoms with E-state index < -0.39 is 4.92 Å². The Bertz CT molecular complexity index is 1280. The molecule has 0 amide bonds. The molecule has 0 bridgehead atoms. The van der Waals surface area contributed by atoms with E-state index in [4.69, 9.17) is 16.6 Å². The van der Waals surface area contributed by atoms with Gasteiger partial charge in [-0.25, -0.2) is 0 Å². The van der Waals surface area contributed by atoms with Crippen LogP contribution in [0.4, 0.5) is 11.4 Å². The van der Waals surface area contributed by atoms with Gasteiger partial charge in [-0.3, -0.25) is 15.1 Å². The molecule has 0 radical (unpaired) electrons. The van der Waals surface area contributed by atoms with Gasteiger partial charge in [-0.15, -0.1) is 0 Å². The first-order valence-corrected chi connectivity index (χ1v) is 10.4. The van der Waals surface area contributed by atoms with Crippen molar-refractivity contribution in [1.29, 1.82) is 0 Å². The van der Waals surface area contributed by atoms with E-state index in [2.05, 4.69) is 10.3 Å². The molecule has 0 saturated carbocycles. The van der Waals surface area contributed by atoms with Crippen LogP contribution in [-0.4, -0.2) is 15.0 Å². The number of para-hydroxylation sites is 2. The first-order valence-electron chi connectivity index (χ1n) is 10.0. The molecule has 2 aromatic heterocycles. The first kappa shape index (κ1) is 19.9. The molecule has 32 heavy (non-hydrogen) atoms. The summed E-state index contributed by atoms with van der Waals surface area (Å²) in [5.74, 6) is 1.06. The third-order valence-corrected chi connectivity index (χ3v) is 5.73. The Labute approximate surface area is 189 Å². The summed E-state index contributed by atoms with van der Waals surface area (Å²) in [6.45, 7) is 0. The van der Waals surface area contributed by atoms with E-state index in [1.54, 1.807) is 30.5 Å². The quantitative estimate of drug-likeness (QED) is 0.251. The van der Waals surface area contributed by atoms with Crippen LogP contribution in [-0.2, 0) is 0 Å². The van der Waals surface area contributed by atoms with E-state index in [1.165, 1.54) is 6.07 Å². The van der Waals surface area contributed by atoms with Gasteiger partial charge in [0, 0.05) is 18.0 Å². The van der Waals surface area contributed by atoms with Gasteiger partial charge in [-0.1, -0.05) is 36.4 Å². The Balaban J connectivity index is 1.61. The summed E-state index contributed by atoms with van der Waals surface area (Å²) in [4.78, 5) is 17.6. The van der Waals surface area contributed by atoms with Crippen LogP contribution in [0.5, 0.6) is 0 Å². The summed E-state index contributed by atoms with van der Waals surface area (Å²) < 4.78 is 6.22. The second-order valence-electron chi connectivity index (χ2n) is 7.31. The average molecular weight is 443 g/mol. The predicted molar refractivity (Wildman–Crippen MR) is 125 cm³/mol. The van der Waals surface area contributed by atoms with E-state index >= 15 is 0 Å². The van der Waals surface area contributed by atoms with Crippen LogP contribution in [0.3, 0.4) is 0 Å². The van der Waals surface area contributed by atoms with Crippen LogP contribution < -0.4 is 10.2 Å². The van der Waals surface area contributed by atoms with Crippen LogP contribution in [0.1, 0.15) is 23.5 Å². The zero-order valence-corrected chi connectivity index (χ0v) is 17.6. The largest absolute Gasteiger partial charge is 0.459 e. The zero-order chi connectivity index (χ0) is 22.1. The number of furan rings is 1. The molecule has 1 saturated heterocycles. The third kappa shape index (κ3) is 3.50. The number of aromatic nitrogens is 1. The lowest BCUT2D eigenvalue weighted by Crippen LogP contribution is -2.29. The lowest BCUT2D eigenvalue weighted by atomic mass is 10.0. The van der Waals surface area contributed by atoms with E-state index in [9.17, 15) is 10.1 Å². The van der Waals surface area contributed by atoms with Crippen molar-refractivity contribution in [2.45, 2.75) is 12.1 Å². The number of nitro benzene ring substituents is 1. The summed E-state index contributed by atoms with van der Waals surface area (Å²) in [5.41, 5.74) is 2.16. The van der Waals surface area contributed by atoms with Crippen molar-refractivity contribution in [2.24, 2.45) is 0 Å². The number of nitrogens with one attached hydrogen (secondary N) is 1. The standard InChI is InChI=1S/C24H18N4O3S/c29-28(30)19-12-5-4-10-17(19)20-13-14-21(31-20)23-22(18-11-6-7-15-25-18)26-24(32)27(23)16-8-2-1-3-9-16/h1-15,22-23H,(H,26,32)/t22-,23-/m1/s1. The Hall–Kier alpha value is -4.04. The van der Waals surface area contributed by atoms with E-state index in [0.717, 1.165) is 11.4 Å². The minimum absolute atomic E-state index is 0.00495. The molecule has 2 atom stereocenters. The monoisotopic (exact) mass is 442 g/mol. The van der Waals surface area contributed by atoms with E-state index in [0.29, 0.717) is 22.2 Å². The highest BCUT2D eigenvalue weighted by atomic mass is 32.1. The van der Waals surface area contributed by atoms with E-state index in [1.807, 2.05) is 59.5 Å². The lowest BCUT2D eigenvalue weighted by molar-refractivity contribution is -0.384. The Morgan fingerprint density at radius 2 is 1.72 bits per heavy atom. The minimum Gasteiger partial charge on any atom is -0.459 e. The molecule has 0 aliphatic carbocycles. The molecule has 1 N–H and O–H groups in total. The van der Waals surface area contributed by atoms with Gasteiger partial charge in [0.1, 0.15) is 17.6 Å². The normalized spacial score (nSPS) is 17.9. The number of thiocarbonyl (C=S) groups is 1. The van der Waals surface area contributed by atoms with Gasteiger partial charge in [-0.2, -0.15) is 0 Å². The topological polar surface area (TPSA) is 84.4 Å². The molecule has 0 unspecified atom stereocenters. The highest BCUT2D eigenvalue weighted by molar-refractivity contribution is 7.80. The van der Waals surface area contributed by atoms with E-state index in [-0.39, 0.29) is 17.8 Å². The fraction of sp³-hybridized carbons (Fsp3) is 0.0833. The number of hydrogen-bond acceptors (Lipinski definition) is 5. The summed E-state index contributed by atoms with van der Waals surface area (Å²) in [5, 5.41) is 15.4. The van der Waals surface area contributed by atoms with Crippen LogP contribution in [0.25, 0.3) is 11.3 Å². The first-order chi connectivity index (χ1) is 15.6. The second kappa shape index (κ2) is 8.24. The Kier molecular flexibility index (Phi) is 5.12. The number of benzene rings is 2. The fourth-order valence-corrected chi connectivity index (χ4v) is 4.35. The van der Waals surface area contributed by atoms with Crippen molar-refractivity contribution >= 4 is 28.7 Å². The maximum Gasteiger partial charge on any atom is 0.280 e. The molecule has 0 spiro atoms. The average Bonchev–Trinajstić information content (AvgIpc) is 3.44. The molecular formula is C24H18N4O3S. The predicted octanol–water partition coefficient (Wildman–Crippen LogP) is 5.43. The molecule has 7 nitrogen and oxygen atoms in total. The van der Waals surface area contributed by atoms with Crippen molar-refractivity contribution in [3.8, 4) is 11.3 Å². The molecular weight excluding hydrogens is 424 g/mol. The van der Waals surface area contributed by atoms with Gasteiger partial charge in [0.05, 0.1) is 22.2 Å². The van der Waals surface area contributed by atoms with Crippen molar-refractivity contribution in [3.05, 3.63) is 113 Å². The second-order valence-corrected chi connectivity index (χ2v) is 7.70. The minimum atomic E-state index is -0.406. The Morgan fingerprint density at radius 1 is 0.969 bits per heavy atom. The molecule has 2 aromatic carbocycles. The number of hydrogen-bond donors (Lipinski definition) is 1. The summed E-state index contributed by atoms with van der Waals surface area (Å²) in [7, 11) is 0. The molecule has 1 fully saturated rings. The van der Waals surface area contributed by atoms with Crippen LogP contribution in [0.15, 0.2) is 95.5 Å². The maximum atomic E-state index is 11.5. The number of nitro groups is 1. The molecule has 158 valence electrons. The maximum absolute atomic E-state index is 11.5. The van der Waals surface area contributed by atoms with Crippen molar-refractivity contribution in [2.75, 3.05) is 4.90 Å². The highest BCUT2D eigenvalue weighted by Gasteiger charge is 2.42. The van der Waals surface area contributed by atoms with Crippen molar-refractivity contribution in [3.63, 3.8) is 0 Å². The molecule has 3 heterocycles. The van der Waals surface area contributed by atoms with Gasteiger partial charge >= 0.3 is 0 Å². The summed E-state index contributed by atoms with van der Waals surface area (Å²) >= 11 is 5.69. The molecule has 8 heteroatoms. The number of anilines is 1. The molecule has 1 aliphatic rings. The van der Waals surface area contributed by atoms with Gasteiger partial charge in [0.2, 0.25) is 0 Å². The molecule has 4 aromatic rings. The van der Waals surface area contributed by atoms with Crippen LogP contribution >= 0.6 is 12.2 Å². The molecule has 5 rings (SSSR count). The van der Waals surface area contributed by atoms with Crippen LogP contribution in [0.2, 0.25) is 0 Å². The third-order valence-electron chi connectivity index (χ3n) is 5.42. The van der Waals surface area contributed by atoms with Crippen LogP contribution in [0, 0.1) is 10.1 Å². The number of pyridine rings is 1. The smallest absolute Gasteiger partial charge is 0.280 e. The Morgan fingerprint density at radius 3 is 2.47 bits per heavy atom. The lowest BCUT2D eigenvalue weighted by Gasteiger charge is -2.26. The van der Waals surface area contributed by atoms with Crippen molar-refractivity contribution in [1.82, 2.24) is 10.3 Å². The summed E-state index contributed by atoms with van der Waals surface area (Å²) in [6, 6.07) is 25.1. The van der Waals surface area contributed by atoms with Gasteiger partial charge in [0.25, 0.3) is 5.69 Å². The van der Waals surface area contributed by atoms with Gasteiger partial charge in [-0.05, 0) is 54.7 Å². The fourth-order valence-electron chi connectivity index (χ4n) is 4.01. The number of nitrogens with zero attached hydrogens (tertiary/aromatic N) is 3. The van der Waals surface area contributed by atoms with Gasteiger partial charge < -0.3 is 14.6 Å². The number of rotatable bonds is 5. The summed E-state index contributed by atoms with van der Waals surface area (Å²) in [6.07, 6.45) is 1.74. The highest BCUT2D eigenvalue weighted by Crippen LogP contribution is 2.43. The van der Waals surface area contributed by atoms with Gasteiger partial charge in [0.15, 0.2) is 5.11 Å². The molecule has 1 aliphatic heterocycles. The van der Waals surface area contributed by atoms with Crippen molar-refractivity contribution < 1.29 is 9.34 Å².